The molecule has 6 aromatic rings. The smallest absolute Gasteiger partial charge is 0.324 e. The number of carbonyl (C=O) groups excluding carboxylic acids is 4. The number of cyclic esters (lactones) is 1. The van der Waals surface area contributed by atoms with Crippen molar-refractivity contribution in [3.8, 4) is 39.4 Å². The molecule has 5 N–H and O–H groups in total. The molecule has 0 aliphatic carbocycles. The fraction of sp³-hybridized carbons (Fsp3) is 0.469. The van der Waals surface area contributed by atoms with Crippen molar-refractivity contribution in [1.29, 1.82) is 0 Å². The van der Waals surface area contributed by atoms with Crippen LogP contribution in [0.5, 0.6) is 5.75 Å². The monoisotopic (exact) mass is 1170 g/mol. The molecule has 3 saturated heterocycles. The summed E-state index contributed by atoms with van der Waals surface area (Å²) in [6.45, 7) is 14.5. The van der Waals surface area contributed by atoms with Gasteiger partial charge < -0.3 is 39.8 Å². The number of likely N-dealkylation sites (N-methyl/N-ethyl adjacent to an activating group) is 1. The number of nitrogen functional groups attached to an aromatic ring is 1. The van der Waals surface area contributed by atoms with E-state index >= 15 is 4.79 Å². The molecule has 3 aromatic carbocycles. The third kappa shape index (κ3) is 12.9. The number of esters is 1. The Morgan fingerprint density at radius 2 is 1.73 bits per heavy atom. The van der Waals surface area contributed by atoms with Crippen LogP contribution in [0.3, 0.4) is 0 Å². The summed E-state index contributed by atoms with van der Waals surface area (Å²) in [5.41, 5.74) is 18.8. The number of phenolic OH excluding ortho intramolecular Hbond substituents is 1. The average molecular weight is 1170 g/mol. The van der Waals surface area contributed by atoms with Crippen LogP contribution in [0, 0.1) is 11.3 Å². The van der Waals surface area contributed by atoms with E-state index in [9.17, 15) is 27.9 Å². The van der Waals surface area contributed by atoms with Gasteiger partial charge in [0.25, 0.3) is 11.8 Å². The Kier molecular flexibility index (Phi) is 17.7. The van der Waals surface area contributed by atoms with Crippen LogP contribution in [0.15, 0.2) is 91.1 Å². The first-order valence-electron chi connectivity index (χ1n) is 29.3. The number of phenols is 1. The Morgan fingerprint density at radius 3 is 2.45 bits per heavy atom. The third-order valence-corrected chi connectivity index (χ3v) is 18.7. The second-order valence-corrected chi connectivity index (χ2v) is 26.5. The number of hydrogen-bond donors (Lipinski definition) is 4. The maximum atomic E-state index is 15.0. The summed E-state index contributed by atoms with van der Waals surface area (Å²) in [5.74, 6) is -2.34. The van der Waals surface area contributed by atoms with Crippen LogP contribution in [0.2, 0.25) is 0 Å². The highest BCUT2D eigenvalue weighted by Gasteiger charge is 2.43. The first-order chi connectivity index (χ1) is 40.1. The summed E-state index contributed by atoms with van der Waals surface area (Å²) >= 11 is 0. The highest BCUT2D eigenvalue weighted by Crippen LogP contribution is 2.44. The predicted octanol–water partition coefficient (Wildman–Crippen LogP) is 7.38. The molecule has 0 radical (unpaired) electrons. The molecule has 7 heterocycles. The van der Waals surface area contributed by atoms with Gasteiger partial charge in [-0.05, 0) is 128 Å². The van der Waals surface area contributed by atoms with E-state index in [0.29, 0.717) is 81.0 Å². The van der Waals surface area contributed by atoms with Gasteiger partial charge in [0.2, 0.25) is 5.91 Å². The summed E-state index contributed by atoms with van der Waals surface area (Å²) in [5, 5.41) is 17.0. The largest absolute Gasteiger partial charge is 0.508 e. The number of pyridine rings is 2. The lowest BCUT2D eigenvalue weighted by atomic mass is 9.84. The molecule has 6 bridgehead atoms. The summed E-state index contributed by atoms with van der Waals surface area (Å²) in [7, 11) is 0.204. The lowest BCUT2D eigenvalue weighted by molar-refractivity contribution is -0.155. The number of nitrogens with one attached hydrogen (secondary N) is 2. The van der Waals surface area contributed by atoms with Gasteiger partial charge in [-0.25, -0.2) is 13.8 Å². The van der Waals surface area contributed by atoms with Crippen LogP contribution in [-0.2, 0) is 69.2 Å². The van der Waals surface area contributed by atoms with Crippen molar-refractivity contribution in [3.05, 3.63) is 119 Å². The van der Waals surface area contributed by atoms with Crippen molar-refractivity contribution in [3.63, 3.8) is 0 Å². The van der Waals surface area contributed by atoms with Crippen LogP contribution >= 0.6 is 0 Å². The molecule has 20 heteroatoms. The number of benzene rings is 3. The van der Waals surface area contributed by atoms with E-state index in [2.05, 4.69) is 59.2 Å². The zero-order chi connectivity index (χ0) is 59.8. The lowest BCUT2D eigenvalue weighted by Crippen LogP contribution is -2.62. The van der Waals surface area contributed by atoms with E-state index in [1.54, 1.807) is 38.4 Å². The fourth-order valence-corrected chi connectivity index (χ4v) is 13.8. The predicted molar refractivity (Wildman–Crippen MR) is 322 cm³/mol. The maximum Gasteiger partial charge on any atom is 0.324 e. The molecule has 84 heavy (non-hydrogen) atoms. The number of amides is 3. The molecule has 0 saturated carbocycles. The van der Waals surface area contributed by atoms with Gasteiger partial charge in [-0.15, -0.1) is 0 Å². The molecule has 4 aliphatic rings. The number of aromatic nitrogens is 3. The van der Waals surface area contributed by atoms with Gasteiger partial charge in [0.1, 0.15) is 30.0 Å². The topological polar surface area (TPSA) is 241 Å². The van der Waals surface area contributed by atoms with Crippen molar-refractivity contribution < 1.29 is 46.9 Å². The quantitative estimate of drug-likeness (QED) is 0.0652. The van der Waals surface area contributed by atoms with Crippen LogP contribution in [0.1, 0.15) is 101 Å². The number of carbonyl (C=O) groups is 4. The minimum absolute atomic E-state index is 0.0400. The van der Waals surface area contributed by atoms with E-state index in [0.717, 1.165) is 55.8 Å². The molecule has 3 aromatic heterocycles. The minimum atomic E-state index is -3.05. The first-order valence-corrected chi connectivity index (χ1v) is 31.1. The number of fused-ring (bicyclic) bond motifs is 6. The number of aryl methyl sites for hydroxylation is 1. The molecule has 19 nitrogen and oxygen atoms in total. The van der Waals surface area contributed by atoms with Crippen molar-refractivity contribution >= 4 is 50.1 Å². The Labute approximate surface area is 492 Å². The SMILES string of the molecule is CCn1c(-c2cc(-c3cccc(CN4CCS(=O)(=O)CC4)n3)cnc2[C@H](C)OC)c2c3cc(ccc31)-c1cc(O)cc(c1)C[C@H](NC(=O)[C@H](C(C)C)N(C)C(=O)[C@@H]1OCC[C@@H]1c1ccc(N)cc1)C(=O)N1CCC[C@H](N1)C(=O)OCC(C)(C)C2. The van der Waals surface area contributed by atoms with Gasteiger partial charge in [-0.3, -0.25) is 39.1 Å². The summed E-state index contributed by atoms with van der Waals surface area (Å²) in [6, 6.07) is 23.7. The molecule has 0 unspecified atom stereocenters. The van der Waals surface area contributed by atoms with Crippen molar-refractivity contribution in [2.24, 2.45) is 11.3 Å². The number of methoxy groups -OCH3 is 1. The highest BCUT2D eigenvalue weighted by molar-refractivity contribution is 7.91. The molecule has 446 valence electrons. The first kappa shape index (κ1) is 59.9. The molecular weight excluding hydrogens is 1090 g/mol. The van der Waals surface area contributed by atoms with Gasteiger partial charge in [-0.2, -0.15) is 0 Å². The van der Waals surface area contributed by atoms with Crippen molar-refractivity contribution in [2.45, 2.75) is 123 Å². The number of ether oxygens (including phenoxy) is 3. The number of hydrazine groups is 1. The molecule has 6 atom stereocenters. The molecular formula is C64H79N9O10S. The third-order valence-electron chi connectivity index (χ3n) is 17.0. The zero-order valence-electron chi connectivity index (χ0n) is 49.4. The van der Waals surface area contributed by atoms with E-state index in [1.165, 1.54) is 9.91 Å². The number of anilines is 1. The Morgan fingerprint density at radius 1 is 0.964 bits per heavy atom. The van der Waals surface area contributed by atoms with Crippen molar-refractivity contribution in [1.82, 2.24) is 40.1 Å². The van der Waals surface area contributed by atoms with E-state index < -0.39 is 63.4 Å². The Bertz CT molecular complexity index is 3550. The normalized spacial score (nSPS) is 21.8. The van der Waals surface area contributed by atoms with Gasteiger partial charge in [0.05, 0.1) is 47.0 Å². The summed E-state index contributed by atoms with van der Waals surface area (Å²) in [4.78, 5) is 72.4. The van der Waals surface area contributed by atoms with E-state index in [4.69, 9.17) is 29.9 Å². The number of sulfone groups is 1. The number of hydrogen-bond acceptors (Lipinski definition) is 15. The number of nitrogens with two attached hydrogens (primary N) is 1. The number of nitrogens with zero attached hydrogens (tertiary/aromatic N) is 6. The van der Waals surface area contributed by atoms with E-state index in [1.807, 2.05) is 69.4 Å². The maximum absolute atomic E-state index is 15.0. The van der Waals surface area contributed by atoms with Gasteiger partial charge in [-0.1, -0.05) is 58.0 Å². The molecule has 0 spiro atoms. The number of aromatic hydroxyl groups is 1. The highest BCUT2D eigenvalue weighted by atomic mass is 32.2. The van der Waals surface area contributed by atoms with Crippen LogP contribution in [0.25, 0.3) is 44.5 Å². The van der Waals surface area contributed by atoms with Crippen molar-refractivity contribution in [2.75, 3.05) is 64.2 Å². The standard InChI is InChI=1S/C64H79N9O10S/c1-9-72-55-20-17-42-32-49(55)51(58(72)50-33-44(35-66-56(50)39(4)81-8)52-13-10-12-46(67-52)36-71-23-26-84(79,80)27-24-71)34-64(5,6)37-83-63(78)53-14-11-22-73(69-53)61(76)54(30-40-28-43(42)31-47(74)29-40)68-60(75)57(38(2)3)70(7)62(77)59-48(21-25-82-59)41-15-18-45(65)19-16-41/h10,12-13,15-20,28-29,31-33,35,38-39,48,53-54,57,59,69,74H,9,11,14,21-27,30,34,36-37,65H2,1-8H3,(H,68,75)/t39-,48+,53-,54-,57-,59+/m0/s1. The number of rotatable bonds is 13. The Hall–Kier alpha value is -7.23. The second kappa shape index (κ2) is 24.8. The molecule has 4 aliphatic heterocycles. The molecule has 10 rings (SSSR count). The second-order valence-electron chi connectivity index (χ2n) is 24.2. The Balaban J connectivity index is 1.04. The van der Waals surface area contributed by atoms with Gasteiger partial charge >= 0.3 is 5.97 Å². The molecule has 3 amide bonds. The average Bonchev–Trinajstić information content (AvgIpc) is 1.80. The van der Waals surface area contributed by atoms with Gasteiger partial charge in [0, 0.05) is 105 Å². The summed E-state index contributed by atoms with van der Waals surface area (Å²) < 4.78 is 45.1. The lowest BCUT2D eigenvalue weighted by Gasteiger charge is -2.37. The van der Waals surface area contributed by atoms with Crippen LogP contribution in [-0.4, -0.2) is 149 Å². The van der Waals surface area contributed by atoms with Crippen LogP contribution in [0.4, 0.5) is 5.69 Å². The van der Waals surface area contributed by atoms with Gasteiger partial charge in [0.15, 0.2) is 9.84 Å². The van der Waals surface area contributed by atoms with E-state index in [-0.39, 0.29) is 54.6 Å². The zero-order valence-corrected chi connectivity index (χ0v) is 50.2. The minimum Gasteiger partial charge on any atom is -0.508 e. The summed E-state index contributed by atoms with van der Waals surface area (Å²) in [6.07, 6.45) is 2.46. The fourth-order valence-electron chi connectivity index (χ4n) is 12.6. The molecule has 3 fully saturated rings. The van der Waals surface area contributed by atoms with Crippen LogP contribution < -0.4 is 16.5 Å².